The van der Waals surface area contributed by atoms with E-state index in [2.05, 4.69) is 33.0 Å². The van der Waals surface area contributed by atoms with Gasteiger partial charge in [0.1, 0.15) is 5.82 Å². The van der Waals surface area contributed by atoms with E-state index >= 15 is 0 Å². The summed E-state index contributed by atoms with van der Waals surface area (Å²) in [6, 6.07) is 7.76. The molecule has 1 aromatic carbocycles. The van der Waals surface area contributed by atoms with Crippen molar-refractivity contribution in [3.05, 3.63) is 35.6 Å². The molecule has 0 bridgehead atoms. The van der Waals surface area contributed by atoms with E-state index in [1.807, 2.05) is 12.1 Å². The van der Waals surface area contributed by atoms with Crippen LogP contribution in [0.3, 0.4) is 0 Å². The van der Waals surface area contributed by atoms with E-state index in [-0.39, 0.29) is 5.82 Å². The topological polar surface area (TPSA) is 12.0 Å². The highest BCUT2D eigenvalue weighted by Crippen LogP contribution is 2.38. The molecule has 0 amide bonds. The highest BCUT2D eigenvalue weighted by atomic mass is 19.1. The largest absolute Gasteiger partial charge is 0.307 e. The first kappa shape index (κ1) is 12.6. The molecule has 1 fully saturated rings. The fourth-order valence-electron chi connectivity index (χ4n) is 2.89. The highest BCUT2D eigenvalue weighted by Gasteiger charge is 2.36. The fourth-order valence-corrected chi connectivity index (χ4v) is 2.89. The SMILES string of the molecule is CC1NC(c2ccc(F)cc2)C(C)C(C)C1C. The number of piperidine rings is 1. The second-order valence-corrected chi connectivity index (χ2v) is 5.56. The van der Waals surface area contributed by atoms with Crippen LogP contribution in [0, 0.1) is 23.6 Å². The number of hydrogen-bond donors (Lipinski definition) is 1. The van der Waals surface area contributed by atoms with E-state index in [0.717, 1.165) is 0 Å². The molecule has 1 aliphatic rings. The van der Waals surface area contributed by atoms with Crippen molar-refractivity contribution in [3.8, 4) is 0 Å². The normalized spacial score (nSPS) is 38.1. The molecule has 1 aliphatic heterocycles. The van der Waals surface area contributed by atoms with Gasteiger partial charge in [-0.15, -0.1) is 0 Å². The number of halogens is 1. The van der Waals surface area contributed by atoms with Crippen molar-refractivity contribution in [3.63, 3.8) is 0 Å². The lowest BCUT2D eigenvalue weighted by Gasteiger charge is -2.44. The van der Waals surface area contributed by atoms with Gasteiger partial charge in [0.2, 0.25) is 0 Å². The Hall–Kier alpha value is -0.890. The third-order valence-corrected chi connectivity index (χ3v) is 4.64. The molecule has 5 unspecified atom stereocenters. The van der Waals surface area contributed by atoms with Crippen molar-refractivity contribution in [2.75, 3.05) is 0 Å². The number of nitrogens with one attached hydrogen (secondary N) is 1. The molecule has 1 heterocycles. The standard InChI is InChI=1S/C15H22FN/c1-9-10(2)12(4)17-15(11(9)3)13-5-7-14(16)8-6-13/h5-12,15,17H,1-4H3. The van der Waals surface area contributed by atoms with E-state index in [1.165, 1.54) is 5.56 Å². The van der Waals surface area contributed by atoms with E-state index in [9.17, 15) is 4.39 Å². The molecule has 1 nitrogen and oxygen atoms in total. The van der Waals surface area contributed by atoms with Gasteiger partial charge in [0.05, 0.1) is 0 Å². The van der Waals surface area contributed by atoms with Crippen LogP contribution in [0.5, 0.6) is 0 Å². The summed E-state index contributed by atoms with van der Waals surface area (Å²) in [4.78, 5) is 0. The minimum atomic E-state index is -0.160. The van der Waals surface area contributed by atoms with Crippen LogP contribution in [0.2, 0.25) is 0 Å². The summed E-state index contributed by atoms with van der Waals surface area (Å²) in [5.41, 5.74) is 1.20. The van der Waals surface area contributed by atoms with Gasteiger partial charge in [-0.25, -0.2) is 4.39 Å². The maximum absolute atomic E-state index is 12.9. The second kappa shape index (κ2) is 4.77. The van der Waals surface area contributed by atoms with Gasteiger partial charge in [-0.3, -0.25) is 0 Å². The highest BCUT2D eigenvalue weighted by molar-refractivity contribution is 5.21. The quantitative estimate of drug-likeness (QED) is 0.781. The zero-order chi connectivity index (χ0) is 12.6. The molecule has 0 saturated carbocycles. The maximum Gasteiger partial charge on any atom is 0.123 e. The summed E-state index contributed by atoms with van der Waals surface area (Å²) in [5.74, 6) is 1.78. The van der Waals surface area contributed by atoms with Gasteiger partial charge >= 0.3 is 0 Å². The zero-order valence-electron chi connectivity index (χ0n) is 11.1. The van der Waals surface area contributed by atoms with E-state index in [4.69, 9.17) is 0 Å². The predicted molar refractivity (Wildman–Crippen MR) is 69.2 cm³/mol. The van der Waals surface area contributed by atoms with Crippen molar-refractivity contribution in [1.82, 2.24) is 5.32 Å². The average molecular weight is 235 g/mol. The third kappa shape index (κ3) is 2.37. The number of benzene rings is 1. The summed E-state index contributed by atoms with van der Waals surface area (Å²) in [5, 5.41) is 3.66. The lowest BCUT2D eigenvalue weighted by atomic mass is 9.72. The van der Waals surface area contributed by atoms with Crippen molar-refractivity contribution < 1.29 is 4.39 Å². The van der Waals surface area contributed by atoms with Crippen LogP contribution in [0.25, 0.3) is 0 Å². The maximum atomic E-state index is 12.9. The lowest BCUT2D eigenvalue weighted by molar-refractivity contribution is 0.118. The molecule has 0 aromatic heterocycles. The van der Waals surface area contributed by atoms with Crippen LogP contribution in [-0.4, -0.2) is 6.04 Å². The monoisotopic (exact) mass is 235 g/mol. The Bertz CT molecular complexity index is 373. The van der Waals surface area contributed by atoms with Crippen LogP contribution < -0.4 is 5.32 Å². The van der Waals surface area contributed by atoms with Gasteiger partial charge < -0.3 is 5.32 Å². The summed E-state index contributed by atoms with van der Waals surface area (Å²) >= 11 is 0. The Kier molecular flexibility index (Phi) is 3.53. The van der Waals surface area contributed by atoms with Gasteiger partial charge in [-0.2, -0.15) is 0 Å². The molecule has 2 rings (SSSR count). The lowest BCUT2D eigenvalue weighted by Crippen LogP contribution is -2.48. The third-order valence-electron chi connectivity index (χ3n) is 4.64. The summed E-state index contributed by atoms with van der Waals surface area (Å²) < 4.78 is 12.9. The van der Waals surface area contributed by atoms with Gasteiger partial charge in [-0.1, -0.05) is 32.9 Å². The van der Waals surface area contributed by atoms with E-state index in [0.29, 0.717) is 29.8 Å². The van der Waals surface area contributed by atoms with E-state index in [1.54, 1.807) is 12.1 Å². The van der Waals surface area contributed by atoms with Gasteiger partial charge in [0, 0.05) is 12.1 Å². The van der Waals surface area contributed by atoms with Crippen molar-refractivity contribution in [2.24, 2.45) is 17.8 Å². The van der Waals surface area contributed by atoms with Gasteiger partial charge in [0.15, 0.2) is 0 Å². The molecule has 1 aromatic rings. The van der Waals surface area contributed by atoms with Crippen LogP contribution in [0.15, 0.2) is 24.3 Å². The molecule has 94 valence electrons. The Morgan fingerprint density at radius 3 is 2.06 bits per heavy atom. The van der Waals surface area contributed by atoms with Crippen molar-refractivity contribution >= 4 is 0 Å². The van der Waals surface area contributed by atoms with Crippen LogP contribution in [0.1, 0.15) is 39.3 Å². The van der Waals surface area contributed by atoms with E-state index < -0.39 is 0 Å². The minimum absolute atomic E-state index is 0.160. The second-order valence-electron chi connectivity index (χ2n) is 5.56. The summed E-state index contributed by atoms with van der Waals surface area (Å²) in [7, 11) is 0. The summed E-state index contributed by atoms with van der Waals surface area (Å²) in [6.45, 7) is 9.15. The van der Waals surface area contributed by atoms with Gasteiger partial charge in [0.25, 0.3) is 0 Å². The molecule has 0 aliphatic carbocycles. The average Bonchev–Trinajstić information content (AvgIpc) is 2.32. The Morgan fingerprint density at radius 2 is 1.47 bits per heavy atom. The summed E-state index contributed by atoms with van der Waals surface area (Å²) in [6.07, 6.45) is 0. The first-order valence-electron chi connectivity index (χ1n) is 6.52. The van der Waals surface area contributed by atoms with Crippen molar-refractivity contribution in [1.29, 1.82) is 0 Å². The molecule has 0 radical (unpaired) electrons. The molecule has 2 heteroatoms. The first-order chi connectivity index (χ1) is 8.00. The Morgan fingerprint density at radius 1 is 0.882 bits per heavy atom. The zero-order valence-corrected chi connectivity index (χ0v) is 11.1. The first-order valence-corrected chi connectivity index (χ1v) is 6.52. The molecular formula is C15H22FN. The predicted octanol–water partition coefficient (Wildman–Crippen LogP) is 3.77. The Labute approximate surface area is 103 Å². The number of rotatable bonds is 1. The molecule has 0 spiro atoms. The molecule has 5 atom stereocenters. The minimum Gasteiger partial charge on any atom is -0.307 e. The van der Waals surface area contributed by atoms with Crippen LogP contribution >= 0.6 is 0 Å². The van der Waals surface area contributed by atoms with Crippen LogP contribution in [0.4, 0.5) is 4.39 Å². The molecule has 17 heavy (non-hydrogen) atoms. The van der Waals surface area contributed by atoms with Crippen molar-refractivity contribution in [2.45, 2.75) is 39.8 Å². The van der Waals surface area contributed by atoms with Crippen LogP contribution in [-0.2, 0) is 0 Å². The Balaban J connectivity index is 2.23. The number of hydrogen-bond acceptors (Lipinski definition) is 1. The smallest absolute Gasteiger partial charge is 0.123 e. The van der Waals surface area contributed by atoms with Gasteiger partial charge in [-0.05, 0) is 42.4 Å². The molecular weight excluding hydrogens is 213 g/mol. The molecule has 1 saturated heterocycles. The fraction of sp³-hybridized carbons (Fsp3) is 0.600. The molecule has 1 N–H and O–H groups in total.